The fraction of sp³-hybridized carbons (Fsp3) is 0.588. The van der Waals surface area contributed by atoms with Crippen molar-refractivity contribution in [2.24, 2.45) is 0 Å². The van der Waals surface area contributed by atoms with E-state index in [1.165, 1.54) is 5.56 Å². The van der Waals surface area contributed by atoms with E-state index in [4.69, 9.17) is 4.74 Å². The Labute approximate surface area is 126 Å². The van der Waals surface area contributed by atoms with Gasteiger partial charge in [0, 0.05) is 19.2 Å². The van der Waals surface area contributed by atoms with Crippen LogP contribution >= 0.6 is 0 Å². The van der Waals surface area contributed by atoms with Crippen molar-refractivity contribution >= 4 is 5.91 Å². The molecule has 1 fully saturated rings. The highest BCUT2D eigenvalue weighted by molar-refractivity contribution is 5.84. The number of ether oxygens (including phenoxy) is 1. The molecule has 0 aromatic heterocycles. The Kier molecular flexibility index (Phi) is 4.00. The zero-order valence-electron chi connectivity index (χ0n) is 12.8. The lowest BCUT2D eigenvalue weighted by atomic mass is 9.91. The van der Waals surface area contributed by atoms with Gasteiger partial charge >= 0.3 is 0 Å². The van der Waals surface area contributed by atoms with Crippen molar-refractivity contribution in [3.8, 4) is 0 Å². The zero-order chi connectivity index (χ0) is 14.9. The standard InChI is InChI=1S/C17H24N2O2/c1-17(2)11-13(8-10-21-17)19-16(20)15-14-6-4-3-5-12(14)7-9-18-15/h3-6,13,15,18H,7-11H2,1-2H3,(H,19,20). The van der Waals surface area contributed by atoms with Gasteiger partial charge in [-0.3, -0.25) is 4.79 Å². The van der Waals surface area contributed by atoms with Crippen LogP contribution in [0.1, 0.15) is 43.9 Å². The average molecular weight is 288 g/mol. The lowest BCUT2D eigenvalue weighted by Gasteiger charge is -2.37. The topological polar surface area (TPSA) is 50.4 Å². The third-order valence-electron chi connectivity index (χ3n) is 4.41. The summed E-state index contributed by atoms with van der Waals surface area (Å²) in [7, 11) is 0. The van der Waals surface area contributed by atoms with E-state index in [-0.39, 0.29) is 23.6 Å². The molecule has 4 nitrogen and oxygen atoms in total. The summed E-state index contributed by atoms with van der Waals surface area (Å²) in [4.78, 5) is 12.6. The Morgan fingerprint density at radius 1 is 1.38 bits per heavy atom. The Bertz CT molecular complexity index is 527. The van der Waals surface area contributed by atoms with Gasteiger partial charge in [-0.05, 0) is 44.2 Å². The molecule has 0 bridgehead atoms. The van der Waals surface area contributed by atoms with Gasteiger partial charge in [-0.1, -0.05) is 24.3 Å². The second kappa shape index (κ2) is 5.78. The molecule has 2 aliphatic heterocycles. The number of hydrogen-bond acceptors (Lipinski definition) is 3. The molecule has 3 rings (SSSR count). The van der Waals surface area contributed by atoms with Gasteiger partial charge in [-0.25, -0.2) is 0 Å². The van der Waals surface area contributed by atoms with Gasteiger partial charge in [0.15, 0.2) is 0 Å². The molecule has 1 amide bonds. The summed E-state index contributed by atoms with van der Waals surface area (Å²) in [5.74, 6) is 0.0878. The van der Waals surface area contributed by atoms with E-state index in [2.05, 4.69) is 36.6 Å². The average Bonchev–Trinajstić information content (AvgIpc) is 2.45. The highest BCUT2D eigenvalue weighted by atomic mass is 16.5. The number of nitrogens with one attached hydrogen (secondary N) is 2. The smallest absolute Gasteiger partial charge is 0.241 e. The van der Waals surface area contributed by atoms with Crippen LogP contribution in [-0.4, -0.2) is 30.7 Å². The summed E-state index contributed by atoms with van der Waals surface area (Å²) in [6.07, 6.45) is 2.75. The highest BCUT2D eigenvalue weighted by Gasteiger charge is 2.32. The maximum atomic E-state index is 12.6. The molecule has 4 heteroatoms. The largest absolute Gasteiger partial charge is 0.375 e. The van der Waals surface area contributed by atoms with Crippen molar-refractivity contribution in [2.45, 2.75) is 50.8 Å². The first-order valence-corrected chi connectivity index (χ1v) is 7.81. The second-order valence-corrected chi connectivity index (χ2v) is 6.64. The zero-order valence-corrected chi connectivity index (χ0v) is 12.8. The van der Waals surface area contributed by atoms with Crippen molar-refractivity contribution in [2.75, 3.05) is 13.2 Å². The van der Waals surface area contributed by atoms with Crippen LogP contribution in [0.25, 0.3) is 0 Å². The van der Waals surface area contributed by atoms with Crippen LogP contribution in [0.3, 0.4) is 0 Å². The molecule has 0 spiro atoms. The molecular formula is C17H24N2O2. The minimum absolute atomic E-state index is 0.0878. The van der Waals surface area contributed by atoms with Crippen LogP contribution < -0.4 is 10.6 Å². The van der Waals surface area contributed by atoms with Crippen LogP contribution in [0.5, 0.6) is 0 Å². The molecule has 0 radical (unpaired) electrons. The van der Waals surface area contributed by atoms with E-state index < -0.39 is 0 Å². The monoisotopic (exact) mass is 288 g/mol. The molecule has 114 valence electrons. The maximum absolute atomic E-state index is 12.6. The number of carbonyl (C=O) groups excluding carboxylic acids is 1. The van der Waals surface area contributed by atoms with Crippen molar-refractivity contribution in [3.05, 3.63) is 35.4 Å². The summed E-state index contributed by atoms with van der Waals surface area (Å²) in [6.45, 7) is 5.74. The van der Waals surface area contributed by atoms with E-state index >= 15 is 0 Å². The van der Waals surface area contributed by atoms with Gasteiger partial charge < -0.3 is 15.4 Å². The summed E-state index contributed by atoms with van der Waals surface area (Å²) in [5.41, 5.74) is 2.25. The van der Waals surface area contributed by atoms with Crippen molar-refractivity contribution < 1.29 is 9.53 Å². The maximum Gasteiger partial charge on any atom is 0.241 e. The van der Waals surface area contributed by atoms with Crippen LogP contribution in [-0.2, 0) is 16.0 Å². The lowest BCUT2D eigenvalue weighted by Crippen LogP contribution is -2.49. The predicted molar refractivity (Wildman–Crippen MR) is 82.1 cm³/mol. The first-order chi connectivity index (χ1) is 10.1. The number of hydrogen-bond donors (Lipinski definition) is 2. The molecule has 2 aliphatic rings. The molecule has 1 aromatic carbocycles. The molecule has 1 aromatic rings. The molecular weight excluding hydrogens is 264 g/mol. The van der Waals surface area contributed by atoms with Gasteiger partial charge in [-0.2, -0.15) is 0 Å². The second-order valence-electron chi connectivity index (χ2n) is 6.64. The number of rotatable bonds is 2. The Balaban J connectivity index is 1.69. The van der Waals surface area contributed by atoms with E-state index in [1.54, 1.807) is 0 Å². The van der Waals surface area contributed by atoms with Gasteiger partial charge in [0.2, 0.25) is 5.91 Å². The highest BCUT2D eigenvalue weighted by Crippen LogP contribution is 2.26. The van der Waals surface area contributed by atoms with Crippen LogP contribution in [0.15, 0.2) is 24.3 Å². The van der Waals surface area contributed by atoms with E-state index in [9.17, 15) is 4.79 Å². The third kappa shape index (κ3) is 3.27. The summed E-state index contributed by atoms with van der Waals surface area (Å²) >= 11 is 0. The number of fused-ring (bicyclic) bond motifs is 1. The Morgan fingerprint density at radius 3 is 3.00 bits per heavy atom. The van der Waals surface area contributed by atoms with E-state index in [0.29, 0.717) is 6.61 Å². The summed E-state index contributed by atoms with van der Waals surface area (Å²) < 4.78 is 5.71. The van der Waals surface area contributed by atoms with E-state index in [1.807, 2.05) is 12.1 Å². The SMILES string of the molecule is CC1(C)CC(NC(=O)C2NCCc3ccccc32)CCO1. The van der Waals surface area contributed by atoms with Gasteiger partial charge in [0.25, 0.3) is 0 Å². The molecule has 0 saturated carbocycles. The van der Waals surface area contributed by atoms with Crippen molar-refractivity contribution in [1.82, 2.24) is 10.6 Å². The molecule has 2 heterocycles. The number of carbonyl (C=O) groups is 1. The fourth-order valence-electron chi connectivity index (χ4n) is 3.38. The Hall–Kier alpha value is -1.39. The van der Waals surface area contributed by atoms with Crippen molar-refractivity contribution in [3.63, 3.8) is 0 Å². The predicted octanol–water partition coefficient (Wildman–Crippen LogP) is 1.95. The number of amides is 1. The fourth-order valence-corrected chi connectivity index (χ4v) is 3.38. The Morgan fingerprint density at radius 2 is 2.19 bits per heavy atom. The summed E-state index contributed by atoms with van der Waals surface area (Å²) in [5, 5.41) is 6.55. The summed E-state index contributed by atoms with van der Waals surface area (Å²) in [6, 6.07) is 8.20. The van der Waals surface area contributed by atoms with Crippen molar-refractivity contribution in [1.29, 1.82) is 0 Å². The van der Waals surface area contributed by atoms with Crippen LogP contribution in [0.2, 0.25) is 0 Å². The van der Waals surface area contributed by atoms with Crippen LogP contribution in [0, 0.1) is 0 Å². The molecule has 2 N–H and O–H groups in total. The van der Waals surface area contributed by atoms with E-state index in [0.717, 1.165) is 31.4 Å². The first kappa shape index (κ1) is 14.5. The first-order valence-electron chi connectivity index (χ1n) is 7.81. The van der Waals surface area contributed by atoms with Crippen LogP contribution in [0.4, 0.5) is 0 Å². The quantitative estimate of drug-likeness (QED) is 0.874. The molecule has 2 unspecified atom stereocenters. The third-order valence-corrected chi connectivity index (χ3v) is 4.41. The minimum atomic E-state index is -0.221. The molecule has 1 saturated heterocycles. The molecule has 21 heavy (non-hydrogen) atoms. The minimum Gasteiger partial charge on any atom is -0.375 e. The van der Waals surface area contributed by atoms with Gasteiger partial charge in [0.1, 0.15) is 6.04 Å². The normalized spacial score (nSPS) is 27.7. The molecule has 0 aliphatic carbocycles. The van der Waals surface area contributed by atoms with Gasteiger partial charge in [0.05, 0.1) is 5.60 Å². The van der Waals surface area contributed by atoms with Gasteiger partial charge in [-0.15, -0.1) is 0 Å². The number of benzene rings is 1. The molecule has 2 atom stereocenters. The lowest BCUT2D eigenvalue weighted by molar-refractivity contribution is -0.126.